The Kier molecular flexibility index (Phi) is 5.62. The van der Waals surface area contributed by atoms with Crippen LogP contribution in [0.25, 0.3) is 11.0 Å². The van der Waals surface area contributed by atoms with Gasteiger partial charge in [-0.1, -0.05) is 6.07 Å². The van der Waals surface area contributed by atoms with E-state index in [1.54, 1.807) is 42.7 Å². The minimum atomic E-state index is -0.352. The molecular formula is C24H25N7O3. The molecular weight excluding hydrogens is 434 g/mol. The first-order valence-corrected chi connectivity index (χ1v) is 11.1. The monoisotopic (exact) mass is 459 g/mol. The Bertz CT molecular complexity index is 1330. The van der Waals surface area contributed by atoms with Gasteiger partial charge in [0, 0.05) is 43.2 Å². The summed E-state index contributed by atoms with van der Waals surface area (Å²) in [4.78, 5) is 41.3. The molecule has 0 aliphatic carbocycles. The molecule has 3 amide bonds. The van der Waals surface area contributed by atoms with Crippen molar-refractivity contribution in [1.29, 1.82) is 0 Å². The molecule has 0 radical (unpaired) electrons. The van der Waals surface area contributed by atoms with Crippen molar-refractivity contribution in [1.82, 2.24) is 19.9 Å². The predicted octanol–water partition coefficient (Wildman–Crippen LogP) is 3.85. The van der Waals surface area contributed by atoms with Crippen LogP contribution in [0.3, 0.4) is 0 Å². The molecule has 10 nitrogen and oxygen atoms in total. The van der Waals surface area contributed by atoms with Crippen LogP contribution in [0, 0.1) is 6.92 Å². The van der Waals surface area contributed by atoms with Gasteiger partial charge in [-0.2, -0.15) is 0 Å². The van der Waals surface area contributed by atoms with Gasteiger partial charge >= 0.3 is 6.03 Å². The van der Waals surface area contributed by atoms with E-state index in [4.69, 9.17) is 4.42 Å². The number of benzene rings is 1. The molecule has 1 aliphatic rings. The second-order valence-corrected chi connectivity index (χ2v) is 8.32. The fraction of sp³-hybridized carbons (Fsp3) is 0.250. The van der Waals surface area contributed by atoms with Crippen LogP contribution in [-0.2, 0) is 0 Å². The molecule has 0 bridgehead atoms. The van der Waals surface area contributed by atoms with Crippen LogP contribution in [0.5, 0.6) is 0 Å². The van der Waals surface area contributed by atoms with E-state index in [2.05, 4.69) is 30.5 Å². The van der Waals surface area contributed by atoms with Crippen molar-refractivity contribution in [2.24, 2.45) is 0 Å². The lowest BCUT2D eigenvalue weighted by Crippen LogP contribution is -2.55. The molecule has 5 rings (SSSR count). The number of hydrogen-bond acceptors (Lipinski definition) is 6. The number of piperazine rings is 1. The Morgan fingerprint density at radius 3 is 2.71 bits per heavy atom. The second-order valence-electron chi connectivity index (χ2n) is 8.32. The third-order valence-corrected chi connectivity index (χ3v) is 5.95. The van der Waals surface area contributed by atoms with Crippen molar-refractivity contribution in [3.05, 3.63) is 66.5 Å². The number of rotatable bonds is 4. The quantitative estimate of drug-likeness (QED) is 0.426. The highest BCUT2D eigenvalue weighted by atomic mass is 16.3. The zero-order valence-corrected chi connectivity index (χ0v) is 18.9. The fourth-order valence-corrected chi connectivity index (χ4v) is 4.26. The molecule has 4 heterocycles. The van der Waals surface area contributed by atoms with Gasteiger partial charge in [-0.05, 0) is 49.7 Å². The van der Waals surface area contributed by atoms with Gasteiger partial charge in [-0.25, -0.2) is 14.8 Å². The number of hydrogen-bond donors (Lipinski definition) is 3. The first-order chi connectivity index (χ1) is 16.5. The third kappa shape index (κ3) is 4.17. The lowest BCUT2D eigenvalue weighted by molar-refractivity contribution is 0.0996. The Labute approximate surface area is 196 Å². The Morgan fingerprint density at radius 1 is 1.12 bits per heavy atom. The van der Waals surface area contributed by atoms with Gasteiger partial charge in [-0.15, -0.1) is 0 Å². The van der Waals surface area contributed by atoms with Gasteiger partial charge in [0.05, 0.1) is 11.6 Å². The topological polar surface area (TPSA) is 119 Å². The van der Waals surface area contributed by atoms with Crippen LogP contribution in [0.1, 0.15) is 23.0 Å². The first kappa shape index (κ1) is 21.5. The smallest absolute Gasteiger partial charge is 0.322 e. The average Bonchev–Trinajstić information content (AvgIpc) is 3.50. The fourth-order valence-electron chi connectivity index (χ4n) is 4.26. The first-order valence-electron chi connectivity index (χ1n) is 11.1. The molecule has 1 aromatic carbocycles. The highest BCUT2D eigenvalue weighted by molar-refractivity contribution is 6.02. The molecule has 3 aromatic heterocycles. The van der Waals surface area contributed by atoms with Gasteiger partial charge in [0.1, 0.15) is 17.8 Å². The maximum atomic E-state index is 13.0. The van der Waals surface area contributed by atoms with E-state index < -0.39 is 0 Å². The Hall–Kier alpha value is -4.34. The number of aryl methyl sites for hydroxylation is 1. The van der Waals surface area contributed by atoms with Crippen molar-refractivity contribution in [2.45, 2.75) is 19.9 Å². The summed E-state index contributed by atoms with van der Waals surface area (Å²) in [5.41, 5.74) is 3.07. The summed E-state index contributed by atoms with van der Waals surface area (Å²) in [6.07, 6.45) is 4.94. The van der Waals surface area contributed by atoms with Crippen molar-refractivity contribution in [3.63, 3.8) is 0 Å². The summed E-state index contributed by atoms with van der Waals surface area (Å²) in [6, 6.07) is 10.1. The van der Waals surface area contributed by atoms with Crippen LogP contribution in [0.15, 0.2) is 59.6 Å². The Morgan fingerprint density at radius 2 is 1.94 bits per heavy atom. The molecule has 3 N–H and O–H groups in total. The van der Waals surface area contributed by atoms with Crippen molar-refractivity contribution >= 4 is 40.2 Å². The largest absolute Gasteiger partial charge is 0.459 e. The number of aromatic amines is 1. The summed E-state index contributed by atoms with van der Waals surface area (Å²) >= 11 is 0. The van der Waals surface area contributed by atoms with E-state index in [1.165, 1.54) is 6.26 Å². The number of anilines is 3. The molecule has 0 spiro atoms. The normalized spacial score (nSPS) is 16.0. The van der Waals surface area contributed by atoms with Gasteiger partial charge < -0.3 is 29.8 Å². The summed E-state index contributed by atoms with van der Waals surface area (Å²) < 4.78 is 5.12. The SMILES string of the molecule is Cc1c[nH]c2ncnc(N3CCN(C(=O)Nc4cccc(NC(=O)c5ccco5)c4)[C@@H](C)C3)c12. The summed E-state index contributed by atoms with van der Waals surface area (Å²) in [7, 11) is 0. The molecule has 0 unspecified atom stereocenters. The maximum Gasteiger partial charge on any atom is 0.322 e. The lowest BCUT2D eigenvalue weighted by atomic mass is 10.1. The van der Waals surface area contributed by atoms with Crippen LogP contribution >= 0.6 is 0 Å². The van der Waals surface area contributed by atoms with E-state index in [9.17, 15) is 9.59 Å². The number of aromatic nitrogens is 3. The van der Waals surface area contributed by atoms with Crippen LogP contribution in [0.4, 0.5) is 22.0 Å². The highest BCUT2D eigenvalue weighted by Crippen LogP contribution is 2.28. The predicted molar refractivity (Wildman–Crippen MR) is 129 cm³/mol. The molecule has 4 aromatic rings. The van der Waals surface area contributed by atoms with Crippen LogP contribution in [-0.4, -0.2) is 57.5 Å². The number of urea groups is 1. The van der Waals surface area contributed by atoms with Crippen molar-refractivity contribution in [3.8, 4) is 0 Å². The lowest BCUT2D eigenvalue weighted by Gasteiger charge is -2.40. The molecule has 174 valence electrons. The molecule has 1 aliphatic heterocycles. The molecule has 1 atom stereocenters. The standard InChI is InChI=1S/C24H25N7O3/c1-15-12-25-21-20(15)22(27-14-26-21)30-8-9-31(16(2)13-30)24(33)29-18-6-3-5-17(11-18)28-23(32)19-7-4-10-34-19/h3-7,10-12,14,16H,8-9,13H2,1-2H3,(H,28,32)(H,29,33)(H,25,26,27)/t16-/m0/s1. The van der Waals surface area contributed by atoms with Crippen molar-refractivity contribution in [2.75, 3.05) is 35.2 Å². The zero-order valence-electron chi connectivity index (χ0n) is 18.9. The molecule has 34 heavy (non-hydrogen) atoms. The van der Waals surface area contributed by atoms with E-state index in [-0.39, 0.29) is 23.7 Å². The summed E-state index contributed by atoms with van der Waals surface area (Å²) in [5.74, 6) is 0.752. The maximum absolute atomic E-state index is 13.0. The summed E-state index contributed by atoms with van der Waals surface area (Å²) in [5, 5.41) is 6.73. The van der Waals surface area contributed by atoms with Crippen LogP contribution in [0.2, 0.25) is 0 Å². The van der Waals surface area contributed by atoms with E-state index in [1.807, 2.05) is 24.9 Å². The average molecular weight is 460 g/mol. The van der Waals surface area contributed by atoms with E-state index in [0.29, 0.717) is 31.0 Å². The number of nitrogens with zero attached hydrogens (tertiary/aromatic N) is 4. The number of carbonyl (C=O) groups is 2. The van der Waals surface area contributed by atoms with Gasteiger partial charge in [0.2, 0.25) is 0 Å². The van der Waals surface area contributed by atoms with Gasteiger partial charge in [-0.3, -0.25) is 4.79 Å². The van der Waals surface area contributed by atoms with Crippen LogP contribution < -0.4 is 15.5 Å². The number of furan rings is 1. The van der Waals surface area contributed by atoms with Gasteiger partial charge in [0.25, 0.3) is 5.91 Å². The van der Waals surface area contributed by atoms with E-state index in [0.717, 1.165) is 22.4 Å². The molecule has 1 fully saturated rings. The number of fused-ring (bicyclic) bond motifs is 1. The van der Waals surface area contributed by atoms with Gasteiger partial charge in [0.15, 0.2) is 5.76 Å². The Balaban J connectivity index is 1.24. The van der Waals surface area contributed by atoms with E-state index >= 15 is 0 Å². The number of H-pyrrole nitrogens is 1. The highest BCUT2D eigenvalue weighted by Gasteiger charge is 2.29. The molecule has 10 heteroatoms. The third-order valence-electron chi connectivity index (χ3n) is 5.95. The number of amides is 3. The number of carbonyl (C=O) groups excluding carboxylic acids is 2. The minimum absolute atomic E-state index is 0.0279. The molecule has 0 saturated carbocycles. The minimum Gasteiger partial charge on any atom is -0.459 e. The zero-order chi connectivity index (χ0) is 23.7. The number of nitrogens with one attached hydrogen (secondary N) is 3. The van der Waals surface area contributed by atoms with Crippen molar-refractivity contribution < 1.29 is 14.0 Å². The molecule has 1 saturated heterocycles. The summed E-state index contributed by atoms with van der Waals surface area (Å²) in [6.45, 7) is 5.92. The second kappa shape index (κ2) is 8.89.